The maximum absolute atomic E-state index is 12.3. The zero-order valence-electron chi connectivity index (χ0n) is 11.9. The fraction of sp³-hybridized carbons (Fsp3) is 0.562. The van der Waals surface area contributed by atoms with E-state index in [1.165, 1.54) is 12.8 Å². The molecule has 4 heteroatoms. The lowest BCUT2D eigenvalue weighted by molar-refractivity contribution is -0.121. The second-order valence-corrected chi connectivity index (χ2v) is 5.83. The highest BCUT2D eigenvalue weighted by Gasteiger charge is 2.26. The first-order valence-corrected chi connectivity index (χ1v) is 7.61. The first-order valence-electron chi connectivity index (χ1n) is 7.61. The molecule has 3 rings (SSSR count). The summed E-state index contributed by atoms with van der Waals surface area (Å²) in [6.45, 7) is 5.66. The van der Waals surface area contributed by atoms with Gasteiger partial charge in [0.1, 0.15) is 0 Å². The first-order chi connectivity index (χ1) is 9.83. The minimum Gasteiger partial charge on any atom is -0.316 e. The Hall–Kier alpha value is -1.39. The molecule has 2 aliphatic heterocycles. The van der Waals surface area contributed by atoms with E-state index in [-0.39, 0.29) is 5.91 Å². The fourth-order valence-electron chi connectivity index (χ4n) is 3.20. The van der Waals surface area contributed by atoms with Crippen LogP contribution >= 0.6 is 0 Å². The van der Waals surface area contributed by atoms with Gasteiger partial charge in [0, 0.05) is 25.3 Å². The van der Waals surface area contributed by atoms with Crippen LogP contribution in [-0.2, 0) is 4.79 Å². The van der Waals surface area contributed by atoms with E-state index in [1.54, 1.807) is 0 Å². The molecule has 1 aromatic rings. The number of piperidine rings is 1. The molecular formula is C16H23N3O. The molecule has 2 aliphatic rings. The number of hydrogen-bond acceptors (Lipinski definition) is 3. The second kappa shape index (κ2) is 6.37. The van der Waals surface area contributed by atoms with E-state index in [2.05, 4.69) is 10.2 Å². The number of amides is 1. The van der Waals surface area contributed by atoms with Crippen LogP contribution in [0.3, 0.4) is 0 Å². The predicted molar refractivity (Wildman–Crippen MR) is 80.8 cm³/mol. The maximum Gasteiger partial charge on any atom is 0.241 e. The third-order valence-corrected chi connectivity index (χ3v) is 4.28. The zero-order chi connectivity index (χ0) is 13.8. The average Bonchev–Trinajstić information content (AvgIpc) is 2.49. The molecule has 1 N–H and O–H groups in total. The summed E-state index contributed by atoms with van der Waals surface area (Å²) in [5, 5.41) is 3.45. The van der Waals surface area contributed by atoms with Crippen molar-refractivity contribution in [1.29, 1.82) is 0 Å². The van der Waals surface area contributed by atoms with Crippen molar-refractivity contribution in [3.63, 3.8) is 0 Å². The van der Waals surface area contributed by atoms with E-state index in [0.717, 1.165) is 38.4 Å². The number of anilines is 1. The highest BCUT2D eigenvalue weighted by Crippen LogP contribution is 2.18. The van der Waals surface area contributed by atoms with Crippen molar-refractivity contribution >= 4 is 11.6 Å². The third-order valence-electron chi connectivity index (χ3n) is 4.28. The van der Waals surface area contributed by atoms with Crippen LogP contribution in [0, 0.1) is 5.92 Å². The summed E-state index contributed by atoms with van der Waals surface area (Å²) in [6, 6.07) is 9.99. The van der Waals surface area contributed by atoms with E-state index in [0.29, 0.717) is 12.5 Å². The highest BCUT2D eigenvalue weighted by molar-refractivity contribution is 5.95. The summed E-state index contributed by atoms with van der Waals surface area (Å²) in [6.07, 6.45) is 2.56. The standard InChI is InChI=1S/C16H23N3O/c20-16-13-18(12-14-5-4-8-17-11-14)9-10-19(16)15-6-2-1-3-7-15/h1-3,6-7,14,17H,4-5,8-13H2. The van der Waals surface area contributed by atoms with Crippen molar-refractivity contribution in [1.82, 2.24) is 10.2 Å². The van der Waals surface area contributed by atoms with Gasteiger partial charge in [0.2, 0.25) is 5.91 Å². The normalized spacial score (nSPS) is 24.9. The Labute approximate surface area is 120 Å². The molecular weight excluding hydrogens is 250 g/mol. The van der Waals surface area contributed by atoms with Crippen molar-refractivity contribution in [2.75, 3.05) is 44.2 Å². The Balaban J connectivity index is 1.55. The molecule has 2 saturated heterocycles. The molecule has 1 aromatic carbocycles. The average molecular weight is 273 g/mol. The number of nitrogens with one attached hydrogen (secondary N) is 1. The molecule has 108 valence electrons. The number of piperazine rings is 1. The lowest BCUT2D eigenvalue weighted by atomic mass is 9.99. The molecule has 1 atom stereocenters. The smallest absolute Gasteiger partial charge is 0.241 e. The van der Waals surface area contributed by atoms with Crippen LogP contribution in [0.15, 0.2) is 30.3 Å². The number of carbonyl (C=O) groups excluding carboxylic acids is 1. The molecule has 20 heavy (non-hydrogen) atoms. The summed E-state index contributed by atoms with van der Waals surface area (Å²) < 4.78 is 0. The van der Waals surface area contributed by atoms with E-state index in [9.17, 15) is 4.79 Å². The van der Waals surface area contributed by atoms with Gasteiger partial charge in [-0.25, -0.2) is 0 Å². The van der Waals surface area contributed by atoms with Gasteiger partial charge in [-0.05, 0) is 44.0 Å². The molecule has 0 bridgehead atoms. The zero-order valence-corrected chi connectivity index (χ0v) is 11.9. The van der Waals surface area contributed by atoms with Crippen LogP contribution in [0.1, 0.15) is 12.8 Å². The minimum atomic E-state index is 0.228. The topological polar surface area (TPSA) is 35.6 Å². The van der Waals surface area contributed by atoms with Crippen molar-refractivity contribution in [3.05, 3.63) is 30.3 Å². The Bertz CT molecular complexity index is 442. The van der Waals surface area contributed by atoms with E-state index in [4.69, 9.17) is 0 Å². The van der Waals surface area contributed by atoms with Gasteiger partial charge in [0.05, 0.1) is 6.54 Å². The van der Waals surface area contributed by atoms with Gasteiger partial charge in [0.15, 0.2) is 0 Å². The van der Waals surface area contributed by atoms with Crippen molar-refractivity contribution in [3.8, 4) is 0 Å². The van der Waals surface area contributed by atoms with Crippen LogP contribution in [-0.4, -0.2) is 50.1 Å². The fourth-order valence-corrected chi connectivity index (χ4v) is 3.20. The number of benzene rings is 1. The molecule has 1 amide bonds. The molecule has 2 fully saturated rings. The van der Waals surface area contributed by atoms with Gasteiger partial charge in [-0.3, -0.25) is 9.69 Å². The second-order valence-electron chi connectivity index (χ2n) is 5.83. The van der Waals surface area contributed by atoms with Crippen molar-refractivity contribution in [2.45, 2.75) is 12.8 Å². The lowest BCUT2D eigenvalue weighted by Gasteiger charge is -2.36. The Morgan fingerprint density at radius 1 is 1.20 bits per heavy atom. The van der Waals surface area contributed by atoms with Crippen molar-refractivity contribution in [2.24, 2.45) is 5.92 Å². The largest absolute Gasteiger partial charge is 0.316 e. The van der Waals surface area contributed by atoms with Gasteiger partial charge in [-0.2, -0.15) is 0 Å². The van der Waals surface area contributed by atoms with Crippen LogP contribution in [0.4, 0.5) is 5.69 Å². The number of para-hydroxylation sites is 1. The summed E-state index contributed by atoms with van der Waals surface area (Å²) in [5.41, 5.74) is 1.02. The quantitative estimate of drug-likeness (QED) is 0.902. The van der Waals surface area contributed by atoms with Gasteiger partial charge in [0.25, 0.3) is 0 Å². The Kier molecular flexibility index (Phi) is 4.33. The summed E-state index contributed by atoms with van der Waals surface area (Å²) in [4.78, 5) is 16.5. The SMILES string of the molecule is O=C1CN(CC2CCCNC2)CCN1c1ccccc1. The van der Waals surface area contributed by atoms with Crippen molar-refractivity contribution < 1.29 is 4.79 Å². The van der Waals surface area contributed by atoms with Crippen LogP contribution in [0.5, 0.6) is 0 Å². The molecule has 0 aliphatic carbocycles. The van der Waals surface area contributed by atoms with Crippen LogP contribution < -0.4 is 10.2 Å². The molecule has 0 spiro atoms. The molecule has 0 radical (unpaired) electrons. The van der Waals surface area contributed by atoms with E-state index < -0.39 is 0 Å². The first kappa shape index (κ1) is 13.6. The molecule has 1 unspecified atom stereocenters. The monoisotopic (exact) mass is 273 g/mol. The number of nitrogens with zero attached hydrogens (tertiary/aromatic N) is 2. The predicted octanol–water partition coefficient (Wildman–Crippen LogP) is 1.33. The third kappa shape index (κ3) is 3.19. The molecule has 0 aromatic heterocycles. The number of rotatable bonds is 3. The summed E-state index contributed by atoms with van der Waals surface area (Å²) >= 11 is 0. The molecule has 4 nitrogen and oxygen atoms in total. The molecule has 0 saturated carbocycles. The van der Waals surface area contributed by atoms with Gasteiger partial charge in [-0.1, -0.05) is 18.2 Å². The minimum absolute atomic E-state index is 0.228. The summed E-state index contributed by atoms with van der Waals surface area (Å²) in [7, 11) is 0. The van der Waals surface area contributed by atoms with E-state index in [1.807, 2.05) is 35.2 Å². The highest BCUT2D eigenvalue weighted by atomic mass is 16.2. The maximum atomic E-state index is 12.3. The molecule has 2 heterocycles. The van der Waals surface area contributed by atoms with Gasteiger partial charge in [-0.15, -0.1) is 0 Å². The van der Waals surface area contributed by atoms with Crippen LogP contribution in [0.2, 0.25) is 0 Å². The number of carbonyl (C=O) groups is 1. The van der Waals surface area contributed by atoms with Gasteiger partial charge >= 0.3 is 0 Å². The Morgan fingerprint density at radius 3 is 2.75 bits per heavy atom. The summed E-state index contributed by atoms with van der Waals surface area (Å²) in [5.74, 6) is 0.936. The van der Waals surface area contributed by atoms with Crippen LogP contribution in [0.25, 0.3) is 0 Å². The lowest BCUT2D eigenvalue weighted by Crippen LogP contribution is -2.52. The Morgan fingerprint density at radius 2 is 2.05 bits per heavy atom. The van der Waals surface area contributed by atoms with E-state index >= 15 is 0 Å². The van der Waals surface area contributed by atoms with Gasteiger partial charge < -0.3 is 10.2 Å². The number of hydrogen-bond donors (Lipinski definition) is 1.